The minimum Gasteiger partial charge on any atom is -0.464 e. The molecular formula is C26H20ClN5O5. The molecule has 5 rings (SSSR count). The van der Waals surface area contributed by atoms with Crippen LogP contribution in [0.2, 0.25) is 5.02 Å². The van der Waals surface area contributed by atoms with E-state index in [9.17, 15) is 14.4 Å². The SMILES string of the molecule is CCOC(=O)c1c(-c2ccccc2)nc2nn3c(c2c1-c1ccc(Cl)cc1)N=NC(C(=O)OCC)C3=O. The van der Waals surface area contributed by atoms with Gasteiger partial charge in [0.2, 0.25) is 6.04 Å². The van der Waals surface area contributed by atoms with Crippen LogP contribution in [0.5, 0.6) is 0 Å². The molecule has 1 aliphatic heterocycles. The summed E-state index contributed by atoms with van der Waals surface area (Å²) >= 11 is 6.14. The molecular weight excluding hydrogens is 498 g/mol. The molecule has 1 atom stereocenters. The van der Waals surface area contributed by atoms with Crippen LogP contribution in [-0.4, -0.2) is 51.9 Å². The molecule has 2 aromatic heterocycles. The quantitative estimate of drug-likeness (QED) is 0.252. The Hall–Kier alpha value is -4.44. The third-order valence-electron chi connectivity index (χ3n) is 5.68. The summed E-state index contributed by atoms with van der Waals surface area (Å²) in [5.74, 6) is -2.13. The van der Waals surface area contributed by atoms with Crippen LogP contribution in [0.3, 0.4) is 0 Å². The minimum absolute atomic E-state index is 0.0446. The molecule has 186 valence electrons. The highest BCUT2D eigenvalue weighted by Gasteiger charge is 2.38. The molecule has 1 aliphatic rings. The molecule has 2 aromatic carbocycles. The van der Waals surface area contributed by atoms with Gasteiger partial charge in [-0.3, -0.25) is 4.79 Å². The van der Waals surface area contributed by atoms with Crippen molar-refractivity contribution < 1.29 is 23.9 Å². The summed E-state index contributed by atoms with van der Waals surface area (Å²) in [6.07, 6.45) is 0. The van der Waals surface area contributed by atoms with E-state index >= 15 is 0 Å². The Morgan fingerprint density at radius 3 is 2.35 bits per heavy atom. The lowest BCUT2D eigenvalue weighted by Crippen LogP contribution is -2.36. The van der Waals surface area contributed by atoms with E-state index in [1.165, 1.54) is 0 Å². The average Bonchev–Trinajstić information content (AvgIpc) is 3.28. The van der Waals surface area contributed by atoms with Gasteiger partial charge >= 0.3 is 11.9 Å². The molecule has 0 saturated heterocycles. The van der Waals surface area contributed by atoms with Crippen molar-refractivity contribution in [2.24, 2.45) is 10.2 Å². The number of azo groups is 1. The summed E-state index contributed by atoms with van der Waals surface area (Å²) in [7, 11) is 0. The second-order valence-electron chi connectivity index (χ2n) is 7.95. The Bertz CT molecular complexity index is 1560. The maximum Gasteiger partial charge on any atom is 0.342 e. The van der Waals surface area contributed by atoms with Gasteiger partial charge in [0.1, 0.15) is 0 Å². The van der Waals surface area contributed by atoms with Crippen LogP contribution in [0.4, 0.5) is 5.82 Å². The smallest absolute Gasteiger partial charge is 0.342 e. The molecule has 1 unspecified atom stereocenters. The zero-order chi connectivity index (χ0) is 26.1. The number of hydrogen-bond acceptors (Lipinski definition) is 9. The number of hydrogen-bond donors (Lipinski definition) is 0. The van der Waals surface area contributed by atoms with Gasteiger partial charge in [0, 0.05) is 16.1 Å². The zero-order valence-corrected chi connectivity index (χ0v) is 20.6. The standard InChI is InChI=1S/C26H20ClN5O5/c1-3-36-25(34)18-17(14-10-12-16(27)13-11-14)19-22(28-20(18)15-8-6-5-7-9-15)31-32-23(19)30-29-21(24(32)33)26(35)37-4-2/h5-13,21H,3-4H2,1-2H3. The number of aromatic nitrogens is 3. The normalized spacial score (nSPS) is 14.5. The fourth-order valence-electron chi connectivity index (χ4n) is 4.11. The number of carbonyl (C=O) groups is 3. The number of ether oxygens (including phenoxy) is 2. The summed E-state index contributed by atoms with van der Waals surface area (Å²) in [5.41, 5.74) is 2.28. The lowest BCUT2D eigenvalue weighted by atomic mass is 9.93. The van der Waals surface area contributed by atoms with Gasteiger partial charge in [0.15, 0.2) is 11.5 Å². The van der Waals surface area contributed by atoms with E-state index in [4.69, 9.17) is 21.1 Å². The molecule has 3 heterocycles. The van der Waals surface area contributed by atoms with Crippen LogP contribution < -0.4 is 0 Å². The summed E-state index contributed by atoms with van der Waals surface area (Å²) < 4.78 is 11.4. The van der Waals surface area contributed by atoms with E-state index in [-0.39, 0.29) is 30.2 Å². The van der Waals surface area contributed by atoms with Crippen molar-refractivity contribution in [3.8, 4) is 22.4 Å². The average molecular weight is 518 g/mol. The summed E-state index contributed by atoms with van der Waals surface area (Å²) in [5, 5.41) is 13.3. The van der Waals surface area contributed by atoms with Gasteiger partial charge in [-0.05, 0) is 31.5 Å². The van der Waals surface area contributed by atoms with E-state index in [2.05, 4.69) is 20.3 Å². The molecule has 0 spiro atoms. The molecule has 0 fully saturated rings. The van der Waals surface area contributed by atoms with E-state index < -0.39 is 23.9 Å². The van der Waals surface area contributed by atoms with E-state index in [1.54, 1.807) is 50.2 Å². The summed E-state index contributed by atoms with van der Waals surface area (Å²) in [6, 6.07) is 14.4. The largest absolute Gasteiger partial charge is 0.464 e. The fourth-order valence-corrected chi connectivity index (χ4v) is 4.24. The number of carbonyl (C=O) groups excluding carboxylic acids is 3. The Kier molecular flexibility index (Phi) is 6.49. The maximum atomic E-state index is 13.4. The molecule has 37 heavy (non-hydrogen) atoms. The topological polar surface area (TPSA) is 125 Å². The molecule has 0 N–H and O–H groups in total. The Morgan fingerprint density at radius 1 is 0.973 bits per heavy atom. The van der Waals surface area contributed by atoms with Crippen LogP contribution in [0.25, 0.3) is 33.4 Å². The van der Waals surface area contributed by atoms with Gasteiger partial charge in [0.05, 0.1) is 29.9 Å². The minimum atomic E-state index is -1.49. The van der Waals surface area contributed by atoms with Crippen LogP contribution in [0, 0.1) is 0 Å². The molecule has 0 bridgehead atoms. The molecule has 0 aliphatic carbocycles. The van der Waals surface area contributed by atoms with Gasteiger partial charge < -0.3 is 9.47 Å². The number of nitrogens with zero attached hydrogens (tertiary/aromatic N) is 5. The monoisotopic (exact) mass is 517 g/mol. The van der Waals surface area contributed by atoms with Crippen LogP contribution >= 0.6 is 11.6 Å². The number of esters is 2. The predicted octanol–water partition coefficient (Wildman–Crippen LogP) is 5.26. The van der Waals surface area contributed by atoms with E-state index in [0.29, 0.717) is 32.8 Å². The van der Waals surface area contributed by atoms with Gasteiger partial charge in [-0.1, -0.05) is 54.1 Å². The number of benzene rings is 2. The third-order valence-corrected chi connectivity index (χ3v) is 5.93. The van der Waals surface area contributed by atoms with E-state index in [0.717, 1.165) is 4.68 Å². The van der Waals surface area contributed by atoms with Gasteiger partial charge in [-0.25, -0.2) is 14.6 Å². The zero-order valence-electron chi connectivity index (χ0n) is 19.8. The lowest BCUT2D eigenvalue weighted by molar-refractivity contribution is -0.143. The number of pyridine rings is 1. The third kappa shape index (κ3) is 4.25. The van der Waals surface area contributed by atoms with Gasteiger partial charge in [-0.2, -0.15) is 9.80 Å². The highest BCUT2D eigenvalue weighted by molar-refractivity contribution is 6.30. The van der Waals surface area contributed by atoms with Crippen LogP contribution in [0.15, 0.2) is 64.8 Å². The van der Waals surface area contributed by atoms with Gasteiger partial charge in [-0.15, -0.1) is 10.2 Å². The second kappa shape index (κ2) is 9.90. The first-order valence-corrected chi connectivity index (χ1v) is 11.9. The first-order chi connectivity index (χ1) is 17.9. The summed E-state index contributed by atoms with van der Waals surface area (Å²) in [6.45, 7) is 3.55. The van der Waals surface area contributed by atoms with Gasteiger partial charge in [0.25, 0.3) is 5.91 Å². The van der Waals surface area contributed by atoms with Crippen molar-refractivity contribution in [3.63, 3.8) is 0 Å². The maximum absolute atomic E-state index is 13.4. The predicted molar refractivity (Wildman–Crippen MR) is 135 cm³/mol. The Balaban J connectivity index is 1.87. The van der Waals surface area contributed by atoms with Crippen molar-refractivity contribution in [1.82, 2.24) is 14.8 Å². The molecule has 10 nitrogen and oxygen atoms in total. The fraction of sp³-hybridized carbons (Fsp3) is 0.192. The number of halogens is 1. The number of fused-ring (bicyclic) bond motifs is 3. The van der Waals surface area contributed by atoms with Crippen molar-refractivity contribution in [1.29, 1.82) is 0 Å². The van der Waals surface area contributed by atoms with Crippen LogP contribution in [0.1, 0.15) is 29.0 Å². The van der Waals surface area contributed by atoms with Crippen LogP contribution in [-0.2, 0) is 14.3 Å². The highest BCUT2D eigenvalue weighted by Crippen LogP contribution is 2.42. The highest BCUT2D eigenvalue weighted by atomic mass is 35.5. The molecule has 4 aromatic rings. The van der Waals surface area contributed by atoms with Crippen molar-refractivity contribution in [3.05, 3.63) is 65.2 Å². The van der Waals surface area contributed by atoms with Crippen molar-refractivity contribution in [2.45, 2.75) is 19.9 Å². The lowest BCUT2D eigenvalue weighted by Gasteiger charge is -2.16. The molecule has 0 amide bonds. The second-order valence-corrected chi connectivity index (χ2v) is 8.38. The van der Waals surface area contributed by atoms with E-state index in [1.807, 2.05) is 18.2 Å². The van der Waals surface area contributed by atoms with Crippen molar-refractivity contribution in [2.75, 3.05) is 13.2 Å². The number of rotatable bonds is 6. The molecule has 0 radical (unpaired) electrons. The first kappa shape index (κ1) is 24.3. The Labute approximate surface area is 215 Å². The Morgan fingerprint density at radius 2 is 1.68 bits per heavy atom. The molecule has 11 heteroatoms. The van der Waals surface area contributed by atoms with Crippen molar-refractivity contribution >= 4 is 46.3 Å². The summed E-state index contributed by atoms with van der Waals surface area (Å²) in [4.78, 5) is 43.5. The first-order valence-electron chi connectivity index (χ1n) is 11.5. The molecule has 0 saturated carbocycles.